The molecular formula is C22H23ClN2O5. The molecule has 0 saturated heterocycles. The molecule has 0 aliphatic heterocycles. The van der Waals surface area contributed by atoms with Gasteiger partial charge in [-0.2, -0.15) is 0 Å². The van der Waals surface area contributed by atoms with Gasteiger partial charge in [-0.15, -0.1) is 0 Å². The largest absolute Gasteiger partial charge is 0.496 e. The normalized spacial score (nSPS) is 10.5. The summed E-state index contributed by atoms with van der Waals surface area (Å²) in [5.41, 5.74) is 1.57. The van der Waals surface area contributed by atoms with Crippen LogP contribution in [0.1, 0.15) is 10.4 Å². The van der Waals surface area contributed by atoms with E-state index in [1.165, 1.54) is 7.11 Å². The third kappa shape index (κ3) is 4.87. The summed E-state index contributed by atoms with van der Waals surface area (Å²) in [5.74, 6) is 1.10. The number of rotatable bonds is 9. The van der Waals surface area contributed by atoms with Crippen LogP contribution in [-0.2, 0) is 4.74 Å². The summed E-state index contributed by atoms with van der Waals surface area (Å²) in [6, 6.07) is 12.2. The minimum Gasteiger partial charge on any atom is -0.496 e. The number of anilines is 1. The van der Waals surface area contributed by atoms with Crippen molar-refractivity contribution in [1.82, 2.24) is 4.57 Å². The first kappa shape index (κ1) is 21.5. The van der Waals surface area contributed by atoms with Gasteiger partial charge in [-0.1, -0.05) is 11.6 Å². The van der Waals surface area contributed by atoms with Crippen molar-refractivity contribution in [2.45, 2.75) is 0 Å². The van der Waals surface area contributed by atoms with E-state index < -0.39 is 0 Å². The van der Waals surface area contributed by atoms with Gasteiger partial charge in [0.1, 0.15) is 12.4 Å². The van der Waals surface area contributed by atoms with Gasteiger partial charge >= 0.3 is 0 Å². The molecule has 0 unspecified atom stereocenters. The molecule has 30 heavy (non-hydrogen) atoms. The second kappa shape index (κ2) is 10.0. The average Bonchev–Trinajstić information content (AvgIpc) is 3.28. The molecule has 1 aromatic heterocycles. The quantitative estimate of drug-likeness (QED) is 0.508. The fourth-order valence-corrected chi connectivity index (χ4v) is 3.14. The van der Waals surface area contributed by atoms with E-state index in [9.17, 15) is 4.79 Å². The third-order valence-electron chi connectivity index (χ3n) is 4.36. The van der Waals surface area contributed by atoms with Crippen LogP contribution in [0, 0.1) is 0 Å². The lowest BCUT2D eigenvalue weighted by atomic mass is 10.1. The van der Waals surface area contributed by atoms with Crippen molar-refractivity contribution in [2.24, 2.45) is 0 Å². The van der Waals surface area contributed by atoms with Gasteiger partial charge in [0.05, 0.1) is 37.1 Å². The Balaban J connectivity index is 1.85. The summed E-state index contributed by atoms with van der Waals surface area (Å²) in [6.07, 6.45) is 3.73. The van der Waals surface area contributed by atoms with Gasteiger partial charge in [-0.05, 0) is 30.3 Å². The maximum atomic E-state index is 12.9. The summed E-state index contributed by atoms with van der Waals surface area (Å²) in [4.78, 5) is 12.9. The lowest BCUT2D eigenvalue weighted by Gasteiger charge is -2.15. The second-order valence-corrected chi connectivity index (χ2v) is 6.66. The molecule has 2 aromatic carbocycles. The lowest BCUT2D eigenvalue weighted by molar-refractivity contribution is 0.102. The summed E-state index contributed by atoms with van der Waals surface area (Å²) >= 11 is 6.43. The van der Waals surface area contributed by atoms with Crippen molar-refractivity contribution in [3.8, 4) is 22.9 Å². The zero-order valence-corrected chi connectivity index (χ0v) is 17.7. The molecule has 0 fully saturated rings. The van der Waals surface area contributed by atoms with Gasteiger partial charge < -0.3 is 28.8 Å². The second-order valence-electron chi connectivity index (χ2n) is 6.26. The zero-order chi connectivity index (χ0) is 21.5. The molecule has 3 rings (SSSR count). The molecule has 0 atom stereocenters. The molecule has 1 amide bonds. The van der Waals surface area contributed by atoms with Gasteiger partial charge in [0.25, 0.3) is 5.91 Å². The summed E-state index contributed by atoms with van der Waals surface area (Å²) in [6.45, 7) is 0.789. The Morgan fingerprint density at radius 3 is 2.37 bits per heavy atom. The van der Waals surface area contributed by atoms with Crippen LogP contribution in [0.15, 0.2) is 54.9 Å². The number of benzene rings is 2. The Kier molecular flexibility index (Phi) is 7.21. The van der Waals surface area contributed by atoms with Crippen LogP contribution in [-0.4, -0.2) is 45.0 Å². The SMILES string of the molecule is COCCOc1cc(NC(=O)c2cc(Cl)c(-n3cccc3)cc2OC)ccc1OC. The number of amides is 1. The highest BCUT2D eigenvalue weighted by atomic mass is 35.5. The van der Waals surface area contributed by atoms with Gasteiger partial charge in [0, 0.05) is 37.3 Å². The fraction of sp³-hybridized carbons (Fsp3) is 0.227. The maximum Gasteiger partial charge on any atom is 0.259 e. The molecule has 158 valence electrons. The summed E-state index contributed by atoms with van der Waals surface area (Å²) in [5, 5.41) is 3.27. The molecule has 0 aliphatic carbocycles. The molecule has 1 heterocycles. The maximum absolute atomic E-state index is 12.9. The highest BCUT2D eigenvalue weighted by Gasteiger charge is 2.18. The first-order chi connectivity index (χ1) is 14.6. The molecular weight excluding hydrogens is 408 g/mol. The number of aromatic nitrogens is 1. The van der Waals surface area contributed by atoms with Crippen LogP contribution in [0.2, 0.25) is 5.02 Å². The summed E-state index contributed by atoms with van der Waals surface area (Å²) in [7, 11) is 4.65. The molecule has 0 saturated carbocycles. The van der Waals surface area contributed by atoms with Crippen molar-refractivity contribution >= 4 is 23.2 Å². The number of ether oxygens (including phenoxy) is 4. The fourth-order valence-electron chi connectivity index (χ4n) is 2.88. The van der Waals surface area contributed by atoms with Crippen LogP contribution in [0.4, 0.5) is 5.69 Å². The van der Waals surface area contributed by atoms with Crippen molar-refractivity contribution in [1.29, 1.82) is 0 Å². The topological polar surface area (TPSA) is 71.0 Å². The third-order valence-corrected chi connectivity index (χ3v) is 4.67. The molecule has 0 spiro atoms. The molecule has 0 radical (unpaired) electrons. The Hall–Kier alpha value is -3.16. The van der Waals surface area contributed by atoms with E-state index in [0.717, 1.165) is 0 Å². The van der Waals surface area contributed by atoms with Crippen LogP contribution >= 0.6 is 11.6 Å². The van der Waals surface area contributed by atoms with Gasteiger partial charge in [-0.3, -0.25) is 4.79 Å². The standard InChI is InChI=1S/C22H23ClN2O5/c1-27-10-11-30-21-12-15(6-7-19(21)28-2)24-22(26)16-13-17(23)18(14-20(16)29-3)25-8-4-5-9-25/h4-9,12-14H,10-11H2,1-3H3,(H,24,26). The number of nitrogens with zero attached hydrogens (tertiary/aromatic N) is 1. The Labute approximate surface area is 180 Å². The van der Waals surface area contributed by atoms with Crippen LogP contribution < -0.4 is 19.5 Å². The van der Waals surface area contributed by atoms with E-state index in [-0.39, 0.29) is 5.91 Å². The minimum absolute atomic E-state index is 0.316. The first-order valence-corrected chi connectivity index (χ1v) is 9.57. The minimum atomic E-state index is -0.360. The van der Waals surface area contributed by atoms with Gasteiger partial charge in [0.15, 0.2) is 11.5 Å². The number of nitrogens with one attached hydrogen (secondary N) is 1. The predicted molar refractivity (Wildman–Crippen MR) is 116 cm³/mol. The molecule has 1 N–H and O–H groups in total. The van der Waals surface area contributed by atoms with Crippen LogP contribution in [0.25, 0.3) is 5.69 Å². The van der Waals surface area contributed by atoms with Gasteiger partial charge in [-0.25, -0.2) is 0 Å². The number of carbonyl (C=O) groups is 1. The van der Waals surface area contributed by atoms with Crippen molar-refractivity contribution in [3.63, 3.8) is 0 Å². The first-order valence-electron chi connectivity index (χ1n) is 9.19. The van der Waals surface area contributed by atoms with E-state index in [2.05, 4.69) is 5.32 Å². The molecule has 8 heteroatoms. The van der Waals surface area contributed by atoms with E-state index in [4.69, 9.17) is 30.5 Å². The Morgan fingerprint density at radius 2 is 1.70 bits per heavy atom. The van der Waals surface area contributed by atoms with Crippen LogP contribution in [0.3, 0.4) is 0 Å². The molecule has 3 aromatic rings. The zero-order valence-electron chi connectivity index (χ0n) is 17.0. The van der Waals surface area contributed by atoms with E-state index >= 15 is 0 Å². The Morgan fingerprint density at radius 1 is 0.967 bits per heavy atom. The van der Waals surface area contributed by atoms with Crippen LogP contribution in [0.5, 0.6) is 17.2 Å². The van der Waals surface area contributed by atoms with E-state index in [1.807, 2.05) is 29.1 Å². The smallest absolute Gasteiger partial charge is 0.259 e. The highest BCUT2D eigenvalue weighted by molar-refractivity contribution is 6.33. The predicted octanol–water partition coefficient (Wildman–Crippen LogP) is 4.43. The van der Waals surface area contributed by atoms with Gasteiger partial charge in [0.2, 0.25) is 0 Å². The molecule has 0 bridgehead atoms. The number of methoxy groups -OCH3 is 3. The van der Waals surface area contributed by atoms with Crippen molar-refractivity contribution in [2.75, 3.05) is 39.9 Å². The average molecular weight is 431 g/mol. The summed E-state index contributed by atoms with van der Waals surface area (Å²) < 4.78 is 23.2. The van der Waals surface area contributed by atoms with Crippen molar-refractivity contribution in [3.05, 3.63) is 65.4 Å². The monoisotopic (exact) mass is 430 g/mol. The molecule has 0 aliphatic rings. The number of carbonyl (C=O) groups excluding carboxylic acids is 1. The van der Waals surface area contributed by atoms with E-state index in [1.54, 1.807) is 44.6 Å². The number of halogens is 1. The Bertz CT molecular complexity index is 1010. The number of hydrogen-bond donors (Lipinski definition) is 1. The van der Waals surface area contributed by atoms with Crippen molar-refractivity contribution < 1.29 is 23.7 Å². The highest BCUT2D eigenvalue weighted by Crippen LogP contribution is 2.33. The lowest BCUT2D eigenvalue weighted by Crippen LogP contribution is -2.14. The number of hydrogen-bond acceptors (Lipinski definition) is 5. The van der Waals surface area contributed by atoms with E-state index in [0.29, 0.717) is 52.4 Å². The molecule has 7 nitrogen and oxygen atoms in total.